The van der Waals surface area contributed by atoms with E-state index in [4.69, 9.17) is 4.74 Å². The Hall–Kier alpha value is -0.490. The monoisotopic (exact) mass is 244 g/mol. The van der Waals surface area contributed by atoms with E-state index in [1.807, 2.05) is 26.2 Å². The second kappa shape index (κ2) is 6.96. The van der Waals surface area contributed by atoms with Crippen LogP contribution in [0.5, 0.6) is 0 Å². The van der Waals surface area contributed by atoms with Gasteiger partial charge in [-0.25, -0.2) is 4.98 Å². The summed E-state index contributed by atoms with van der Waals surface area (Å²) in [5, 5.41) is 15.8. The van der Waals surface area contributed by atoms with Crippen molar-refractivity contribution in [2.75, 3.05) is 13.2 Å². The van der Waals surface area contributed by atoms with Gasteiger partial charge in [0.1, 0.15) is 5.01 Å². The van der Waals surface area contributed by atoms with Gasteiger partial charge in [-0.1, -0.05) is 0 Å². The van der Waals surface area contributed by atoms with Crippen molar-refractivity contribution in [2.45, 2.75) is 39.5 Å². The van der Waals surface area contributed by atoms with Crippen molar-refractivity contribution in [3.8, 4) is 0 Å². The van der Waals surface area contributed by atoms with Crippen LogP contribution in [0.25, 0.3) is 0 Å². The van der Waals surface area contributed by atoms with E-state index in [1.54, 1.807) is 11.3 Å². The summed E-state index contributed by atoms with van der Waals surface area (Å²) in [5.74, 6) is 0. The van der Waals surface area contributed by atoms with Crippen LogP contribution in [0.3, 0.4) is 0 Å². The first kappa shape index (κ1) is 13.6. The molecule has 0 radical (unpaired) electrons. The molecule has 0 spiro atoms. The molecule has 1 rings (SSSR count). The number of thiazole rings is 1. The Balaban J connectivity index is 2.10. The van der Waals surface area contributed by atoms with Gasteiger partial charge in [-0.2, -0.15) is 0 Å². The van der Waals surface area contributed by atoms with E-state index in [0.29, 0.717) is 19.7 Å². The third-order valence-corrected chi connectivity index (χ3v) is 2.91. The molecule has 0 saturated carbocycles. The molecule has 92 valence electrons. The molecule has 2 N–H and O–H groups in total. The third-order valence-electron chi connectivity index (χ3n) is 1.94. The number of nitrogens with one attached hydrogen (secondary N) is 1. The number of aromatic nitrogens is 1. The minimum atomic E-state index is -0.455. The Morgan fingerprint density at radius 1 is 1.56 bits per heavy atom. The summed E-state index contributed by atoms with van der Waals surface area (Å²) < 4.78 is 5.31. The van der Waals surface area contributed by atoms with Crippen LogP contribution in [0.1, 0.15) is 24.5 Å². The highest BCUT2D eigenvalue weighted by atomic mass is 32.1. The topological polar surface area (TPSA) is 54.4 Å². The highest BCUT2D eigenvalue weighted by Gasteiger charge is 2.05. The van der Waals surface area contributed by atoms with Crippen LogP contribution in [0.15, 0.2) is 5.38 Å². The Kier molecular flexibility index (Phi) is 5.90. The van der Waals surface area contributed by atoms with Crippen molar-refractivity contribution in [3.63, 3.8) is 0 Å². The molecule has 1 aromatic heterocycles. The summed E-state index contributed by atoms with van der Waals surface area (Å²) in [6.07, 6.45) is -0.292. The molecule has 0 bridgehead atoms. The van der Waals surface area contributed by atoms with Crippen LogP contribution < -0.4 is 5.32 Å². The summed E-state index contributed by atoms with van der Waals surface area (Å²) in [6.45, 7) is 7.51. The molecular weight excluding hydrogens is 224 g/mol. The lowest BCUT2D eigenvalue weighted by Crippen LogP contribution is -2.31. The molecule has 1 heterocycles. The number of aryl methyl sites for hydroxylation is 1. The maximum atomic E-state index is 9.58. The van der Waals surface area contributed by atoms with E-state index in [0.717, 1.165) is 10.7 Å². The second-order valence-corrected chi connectivity index (χ2v) is 4.99. The molecular formula is C11H20N2O2S. The Morgan fingerprint density at radius 2 is 2.31 bits per heavy atom. The van der Waals surface area contributed by atoms with E-state index < -0.39 is 6.10 Å². The Bertz CT molecular complexity index is 302. The number of nitrogens with zero attached hydrogens (tertiary/aromatic N) is 1. The van der Waals surface area contributed by atoms with E-state index >= 15 is 0 Å². The normalized spacial score (nSPS) is 13.3. The number of ether oxygens (including phenoxy) is 1. The van der Waals surface area contributed by atoms with Crippen LogP contribution in [0.4, 0.5) is 0 Å². The summed E-state index contributed by atoms with van der Waals surface area (Å²) in [6, 6.07) is 0. The zero-order chi connectivity index (χ0) is 12.0. The number of aliphatic hydroxyl groups excluding tert-OH is 1. The van der Waals surface area contributed by atoms with Crippen molar-refractivity contribution in [2.24, 2.45) is 0 Å². The molecule has 5 heteroatoms. The number of hydrogen-bond acceptors (Lipinski definition) is 5. The smallest absolute Gasteiger partial charge is 0.107 e. The van der Waals surface area contributed by atoms with Gasteiger partial charge in [-0.3, -0.25) is 0 Å². The number of rotatable bonds is 7. The van der Waals surface area contributed by atoms with Crippen LogP contribution in [0.2, 0.25) is 0 Å². The lowest BCUT2D eigenvalue weighted by molar-refractivity contribution is 0.00630. The van der Waals surface area contributed by atoms with Crippen LogP contribution in [0, 0.1) is 6.92 Å². The minimum Gasteiger partial charge on any atom is -0.389 e. The molecule has 0 fully saturated rings. The summed E-state index contributed by atoms with van der Waals surface area (Å²) in [7, 11) is 0. The molecule has 16 heavy (non-hydrogen) atoms. The van der Waals surface area contributed by atoms with E-state index in [-0.39, 0.29) is 6.10 Å². The van der Waals surface area contributed by atoms with Crippen LogP contribution in [-0.2, 0) is 11.3 Å². The fraction of sp³-hybridized carbons (Fsp3) is 0.727. The van der Waals surface area contributed by atoms with Crippen molar-refractivity contribution in [1.82, 2.24) is 10.3 Å². The quantitative estimate of drug-likeness (QED) is 0.760. The molecule has 0 amide bonds. The van der Waals surface area contributed by atoms with E-state index in [9.17, 15) is 5.11 Å². The number of hydrogen-bond donors (Lipinski definition) is 2. The second-order valence-electron chi connectivity index (χ2n) is 4.05. The van der Waals surface area contributed by atoms with Gasteiger partial charge >= 0.3 is 0 Å². The van der Waals surface area contributed by atoms with Crippen LogP contribution in [-0.4, -0.2) is 35.5 Å². The largest absolute Gasteiger partial charge is 0.389 e. The average molecular weight is 244 g/mol. The van der Waals surface area contributed by atoms with Crippen molar-refractivity contribution < 1.29 is 9.84 Å². The van der Waals surface area contributed by atoms with Gasteiger partial charge in [-0.05, 0) is 20.8 Å². The maximum absolute atomic E-state index is 9.58. The van der Waals surface area contributed by atoms with Gasteiger partial charge in [0.2, 0.25) is 0 Å². The lowest BCUT2D eigenvalue weighted by Gasteiger charge is -2.13. The maximum Gasteiger partial charge on any atom is 0.107 e. The SMILES string of the molecule is Cc1csc(CNCC(O)COC(C)C)n1. The van der Waals surface area contributed by atoms with Crippen LogP contribution >= 0.6 is 11.3 Å². The van der Waals surface area contributed by atoms with Crippen molar-refractivity contribution in [3.05, 3.63) is 16.1 Å². The average Bonchev–Trinajstić information content (AvgIpc) is 2.61. The van der Waals surface area contributed by atoms with Gasteiger partial charge in [0.25, 0.3) is 0 Å². The molecule has 4 nitrogen and oxygen atoms in total. The first-order valence-corrected chi connectivity index (χ1v) is 6.37. The molecule has 1 atom stereocenters. The Morgan fingerprint density at radius 3 is 2.88 bits per heavy atom. The fourth-order valence-electron chi connectivity index (χ4n) is 1.19. The number of aliphatic hydroxyl groups is 1. The molecule has 0 aliphatic heterocycles. The van der Waals surface area contributed by atoms with Gasteiger partial charge in [0, 0.05) is 24.2 Å². The van der Waals surface area contributed by atoms with Gasteiger partial charge < -0.3 is 15.2 Å². The standard InChI is InChI=1S/C11H20N2O2S/c1-8(2)15-6-10(14)4-12-5-11-13-9(3)7-16-11/h7-8,10,12,14H,4-6H2,1-3H3. The predicted octanol–water partition coefficient (Wildman–Crippen LogP) is 1.33. The summed E-state index contributed by atoms with van der Waals surface area (Å²) in [5.41, 5.74) is 1.05. The summed E-state index contributed by atoms with van der Waals surface area (Å²) in [4.78, 5) is 4.32. The van der Waals surface area contributed by atoms with Gasteiger partial charge in [0.15, 0.2) is 0 Å². The first-order valence-electron chi connectivity index (χ1n) is 5.49. The molecule has 1 aromatic rings. The zero-order valence-corrected chi connectivity index (χ0v) is 10.9. The van der Waals surface area contributed by atoms with Gasteiger partial charge in [-0.15, -0.1) is 11.3 Å². The van der Waals surface area contributed by atoms with Crippen molar-refractivity contribution in [1.29, 1.82) is 0 Å². The first-order chi connectivity index (χ1) is 7.58. The molecule has 0 aliphatic carbocycles. The minimum absolute atomic E-state index is 0.163. The fourth-order valence-corrected chi connectivity index (χ4v) is 1.93. The highest BCUT2D eigenvalue weighted by molar-refractivity contribution is 7.09. The Labute approximate surface area is 101 Å². The molecule has 1 unspecified atom stereocenters. The highest BCUT2D eigenvalue weighted by Crippen LogP contribution is 2.07. The molecule has 0 aromatic carbocycles. The lowest BCUT2D eigenvalue weighted by atomic mass is 10.3. The predicted molar refractivity (Wildman–Crippen MR) is 65.7 cm³/mol. The molecule has 0 aliphatic rings. The zero-order valence-electron chi connectivity index (χ0n) is 10.1. The van der Waals surface area contributed by atoms with Crippen molar-refractivity contribution >= 4 is 11.3 Å². The van der Waals surface area contributed by atoms with Gasteiger partial charge in [0.05, 0.1) is 18.8 Å². The molecule has 0 saturated heterocycles. The summed E-state index contributed by atoms with van der Waals surface area (Å²) >= 11 is 1.63. The third kappa shape index (κ3) is 5.55. The van der Waals surface area contributed by atoms with E-state index in [2.05, 4.69) is 10.3 Å². The van der Waals surface area contributed by atoms with E-state index in [1.165, 1.54) is 0 Å².